The number of hydrogen-bond acceptors (Lipinski definition) is 4. The second kappa shape index (κ2) is 16.3. The molecular weight excluding hydrogens is 324 g/mol. The van der Waals surface area contributed by atoms with Crippen LogP contribution in [0.15, 0.2) is 53.7 Å². The Bertz CT molecular complexity index is 580. The van der Waals surface area contributed by atoms with Gasteiger partial charge in [0.25, 0.3) is 0 Å². The van der Waals surface area contributed by atoms with E-state index >= 15 is 0 Å². The van der Waals surface area contributed by atoms with E-state index in [1.807, 2.05) is 56.3 Å². The third-order valence-electron chi connectivity index (χ3n) is 3.52. The first-order valence-electron chi connectivity index (χ1n) is 9.28. The summed E-state index contributed by atoms with van der Waals surface area (Å²) in [6.45, 7) is 10.5. The average molecular weight is 359 g/mol. The summed E-state index contributed by atoms with van der Waals surface area (Å²) in [5.41, 5.74) is 9.84. The minimum atomic E-state index is 0.279. The fraction of sp³-hybridized carbons (Fsp3) is 0.455. The van der Waals surface area contributed by atoms with Crippen molar-refractivity contribution >= 4 is 5.69 Å². The molecule has 0 heterocycles. The van der Waals surface area contributed by atoms with E-state index in [9.17, 15) is 4.91 Å². The van der Waals surface area contributed by atoms with E-state index in [-0.39, 0.29) is 6.54 Å². The van der Waals surface area contributed by atoms with Crippen LogP contribution in [0.3, 0.4) is 0 Å². The van der Waals surface area contributed by atoms with Crippen LogP contribution in [0.25, 0.3) is 0 Å². The molecule has 0 unspecified atom stereocenters. The molecule has 144 valence electrons. The summed E-state index contributed by atoms with van der Waals surface area (Å²) in [5, 5.41) is 2.76. The zero-order valence-electron chi connectivity index (χ0n) is 16.7. The van der Waals surface area contributed by atoms with Gasteiger partial charge in [0.05, 0.1) is 0 Å². The maximum Gasteiger partial charge on any atom is 0.106 e. The van der Waals surface area contributed by atoms with Crippen molar-refractivity contribution in [2.45, 2.75) is 53.5 Å². The van der Waals surface area contributed by atoms with Crippen LogP contribution in [0.2, 0.25) is 0 Å². The van der Waals surface area contributed by atoms with Crippen molar-refractivity contribution in [3.8, 4) is 0 Å². The minimum absolute atomic E-state index is 0.279. The number of anilines is 1. The summed E-state index contributed by atoms with van der Waals surface area (Å²) < 4.78 is 5.22. The molecule has 0 spiro atoms. The molecule has 0 aliphatic heterocycles. The lowest BCUT2D eigenvalue weighted by Gasteiger charge is -1.98. The molecule has 0 atom stereocenters. The van der Waals surface area contributed by atoms with Crippen molar-refractivity contribution in [2.75, 3.05) is 18.9 Å². The Morgan fingerprint density at radius 1 is 0.962 bits per heavy atom. The van der Waals surface area contributed by atoms with E-state index in [0.29, 0.717) is 0 Å². The van der Waals surface area contributed by atoms with Crippen molar-refractivity contribution in [1.82, 2.24) is 0 Å². The molecule has 0 radical (unpaired) electrons. The maximum absolute atomic E-state index is 9.72. The number of aryl methyl sites for hydroxylation is 2. The quantitative estimate of drug-likeness (QED) is 0.372. The van der Waals surface area contributed by atoms with E-state index in [0.717, 1.165) is 36.4 Å². The number of ether oxygens (including phenoxy) is 1. The Morgan fingerprint density at radius 3 is 2.15 bits per heavy atom. The summed E-state index contributed by atoms with van der Waals surface area (Å²) in [7, 11) is 0. The minimum Gasteiger partial charge on any atom is -0.399 e. The van der Waals surface area contributed by atoms with E-state index in [1.165, 1.54) is 18.4 Å². The van der Waals surface area contributed by atoms with E-state index in [4.69, 9.17) is 10.5 Å². The van der Waals surface area contributed by atoms with Crippen molar-refractivity contribution in [3.05, 3.63) is 70.1 Å². The van der Waals surface area contributed by atoms with E-state index in [2.05, 4.69) is 25.1 Å². The second-order valence-electron chi connectivity index (χ2n) is 6.10. The van der Waals surface area contributed by atoms with Crippen LogP contribution in [0.1, 0.15) is 49.8 Å². The van der Waals surface area contributed by atoms with Crippen molar-refractivity contribution in [2.24, 2.45) is 5.18 Å². The molecule has 4 nitrogen and oxygen atoms in total. The summed E-state index contributed by atoms with van der Waals surface area (Å²) in [6.07, 6.45) is 3.59. The Hall–Kier alpha value is -2.20. The number of nitrogens with two attached hydrogens (primary N) is 1. The molecule has 26 heavy (non-hydrogen) atoms. The first kappa shape index (κ1) is 23.8. The van der Waals surface area contributed by atoms with Gasteiger partial charge in [-0.3, -0.25) is 0 Å². The molecule has 0 aromatic heterocycles. The van der Waals surface area contributed by atoms with Gasteiger partial charge in [-0.15, -0.1) is 0 Å². The first-order valence-corrected chi connectivity index (χ1v) is 9.28. The third kappa shape index (κ3) is 13.1. The van der Waals surface area contributed by atoms with Gasteiger partial charge in [-0.1, -0.05) is 67.9 Å². The number of rotatable bonds is 7. The lowest BCUT2D eigenvalue weighted by atomic mass is 10.1. The Morgan fingerprint density at radius 2 is 1.65 bits per heavy atom. The first-order chi connectivity index (χ1) is 12.5. The number of nitrogen functional groups attached to an aromatic ring is 1. The van der Waals surface area contributed by atoms with Gasteiger partial charge in [-0.25, -0.2) is 0 Å². The fourth-order valence-electron chi connectivity index (χ4n) is 1.91. The SMILES string of the molecule is CCCCOCCC.Cc1ccc(C)c(N)c1.O=NCc1ccccc1. The Kier molecular flexibility index (Phi) is 14.9. The highest BCUT2D eigenvalue weighted by Crippen LogP contribution is 2.11. The van der Waals surface area contributed by atoms with Gasteiger partial charge in [-0.05, 0) is 49.4 Å². The zero-order valence-corrected chi connectivity index (χ0v) is 16.7. The van der Waals surface area contributed by atoms with Crippen LogP contribution >= 0.6 is 0 Å². The smallest absolute Gasteiger partial charge is 0.106 e. The van der Waals surface area contributed by atoms with E-state index in [1.54, 1.807) is 0 Å². The molecule has 4 heteroatoms. The topological polar surface area (TPSA) is 64.7 Å². The van der Waals surface area contributed by atoms with Gasteiger partial charge in [0, 0.05) is 18.9 Å². The number of benzene rings is 2. The van der Waals surface area contributed by atoms with Crippen molar-refractivity contribution < 1.29 is 4.74 Å². The monoisotopic (exact) mass is 358 g/mol. The largest absolute Gasteiger partial charge is 0.399 e. The Balaban J connectivity index is 0.000000362. The van der Waals surface area contributed by atoms with Crippen LogP contribution in [0.5, 0.6) is 0 Å². The predicted octanol–water partition coefficient (Wildman–Crippen LogP) is 6.05. The highest BCUT2D eigenvalue weighted by atomic mass is 16.5. The summed E-state index contributed by atoms with van der Waals surface area (Å²) in [5.74, 6) is 0. The normalized spacial score (nSPS) is 9.38. The van der Waals surface area contributed by atoms with E-state index < -0.39 is 0 Å². The zero-order chi connectivity index (χ0) is 19.6. The number of unbranched alkanes of at least 4 members (excludes halogenated alkanes) is 1. The van der Waals surface area contributed by atoms with Crippen LogP contribution in [0.4, 0.5) is 5.69 Å². The van der Waals surface area contributed by atoms with Gasteiger partial charge >= 0.3 is 0 Å². The average Bonchev–Trinajstić information content (AvgIpc) is 2.65. The summed E-state index contributed by atoms with van der Waals surface area (Å²) in [4.78, 5) is 9.72. The highest BCUT2D eigenvalue weighted by Gasteiger charge is 1.89. The number of nitroso groups, excluding NO2 is 1. The van der Waals surface area contributed by atoms with Gasteiger partial charge < -0.3 is 10.5 Å². The maximum atomic E-state index is 9.72. The molecule has 0 fully saturated rings. The molecule has 2 rings (SSSR count). The van der Waals surface area contributed by atoms with Crippen molar-refractivity contribution in [1.29, 1.82) is 0 Å². The van der Waals surface area contributed by atoms with Gasteiger partial charge in [0.1, 0.15) is 6.54 Å². The summed E-state index contributed by atoms with van der Waals surface area (Å²) >= 11 is 0. The lowest BCUT2D eigenvalue weighted by molar-refractivity contribution is 0.132. The molecule has 2 aromatic rings. The van der Waals surface area contributed by atoms with Crippen LogP contribution in [-0.2, 0) is 11.3 Å². The van der Waals surface area contributed by atoms with Crippen LogP contribution in [-0.4, -0.2) is 13.2 Å². The molecule has 2 aromatic carbocycles. The number of hydrogen-bond donors (Lipinski definition) is 1. The lowest BCUT2D eigenvalue weighted by Crippen LogP contribution is -1.93. The van der Waals surface area contributed by atoms with Gasteiger partial charge in [0.2, 0.25) is 0 Å². The van der Waals surface area contributed by atoms with Crippen LogP contribution < -0.4 is 5.73 Å². The molecular formula is C22H34N2O2. The predicted molar refractivity (Wildman–Crippen MR) is 112 cm³/mol. The molecule has 0 saturated carbocycles. The summed E-state index contributed by atoms with van der Waals surface area (Å²) in [6, 6.07) is 15.5. The van der Waals surface area contributed by atoms with Gasteiger partial charge in [0.15, 0.2) is 0 Å². The Labute approximate surface area is 158 Å². The molecule has 0 aliphatic carbocycles. The molecule has 0 amide bonds. The molecule has 0 bridgehead atoms. The number of nitrogens with zero attached hydrogens (tertiary/aromatic N) is 1. The second-order valence-corrected chi connectivity index (χ2v) is 6.10. The molecule has 0 aliphatic rings. The molecule has 0 saturated heterocycles. The molecule has 2 N–H and O–H groups in total. The van der Waals surface area contributed by atoms with Crippen molar-refractivity contribution in [3.63, 3.8) is 0 Å². The highest BCUT2D eigenvalue weighted by molar-refractivity contribution is 5.47. The van der Waals surface area contributed by atoms with Crippen LogP contribution in [0, 0.1) is 18.8 Å². The van der Waals surface area contributed by atoms with Gasteiger partial charge in [-0.2, -0.15) is 4.91 Å². The third-order valence-corrected chi connectivity index (χ3v) is 3.52. The fourth-order valence-corrected chi connectivity index (χ4v) is 1.91. The standard InChI is InChI=1S/C8H11N.C7H7NO.C7H16O/c1-6-3-4-7(2)8(9)5-6;9-8-6-7-4-2-1-3-5-7;1-3-5-7-8-6-4-2/h3-5H,9H2,1-2H3;1-5H,6H2;3-7H2,1-2H3.